The Morgan fingerprint density at radius 3 is 2.20 bits per heavy atom. The zero-order valence-electron chi connectivity index (χ0n) is 14.1. The Morgan fingerprint density at radius 1 is 1.00 bits per heavy atom. The summed E-state index contributed by atoms with van der Waals surface area (Å²) >= 11 is 0. The third kappa shape index (κ3) is 5.11. The molecule has 0 aliphatic rings. The van der Waals surface area contributed by atoms with Gasteiger partial charge in [-0.3, -0.25) is 9.59 Å². The molecule has 0 radical (unpaired) electrons. The third-order valence-electron chi connectivity index (χ3n) is 3.71. The van der Waals surface area contributed by atoms with E-state index in [1.807, 2.05) is 19.9 Å². The molecule has 6 heteroatoms. The molecule has 0 fully saturated rings. The number of amides is 1. The predicted molar refractivity (Wildman–Crippen MR) is 89.3 cm³/mol. The lowest BCUT2D eigenvalue weighted by Crippen LogP contribution is -2.32. The molecule has 25 heavy (non-hydrogen) atoms. The lowest BCUT2D eigenvalue weighted by molar-refractivity contribution is -0.137. The Kier molecular flexibility index (Phi) is 5.85. The number of aliphatic carboxylic acids is 1. The SMILES string of the molecule is Cc1cc(C)cc(C(=O)N(CCC(=O)O)Cc2ccc(F)c(F)c2)c1. The zero-order valence-corrected chi connectivity index (χ0v) is 14.1. The van der Waals surface area contributed by atoms with Crippen LogP contribution in [0.25, 0.3) is 0 Å². The molecule has 0 aliphatic carbocycles. The minimum absolute atomic E-state index is 0.00367. The third-order valence-corrected chi connectivity index (χ3v) is 3.71. The number of carbonyl (C=O) groups is 2. The maximum Gasteiger partial charge on any atom is 0.305 e. The molecule has 0 saturated heterocycles. The number of rotatable bonds is 6. The molecule has 2 rings (SSSR count). The summed E-state index contributed by atoms with van der Waals surface area (Å²) in [7, 11) is 0. The molecule has 1 amide bonds. The number of carbonyl (C=O) groups excluding carboxylic acids is 1. The topological polar surface area (TPSA) is 57.6 Å². The fourth-order valence-electron chi connectivity index (χ4n) is 2.62. The summed E-state index contributed by atoms with van der Waals surface area (Å²) < 4.78 is 26.5. The van der Waals surface area contributed by atoms with E-state index in [1.165, 1.54) is 11.0 Å². The first-order chi connectivity index (χ1) is 11.8. The Bertz CT molecular complexity index is 785. The van der Waals surface area contributed by atoms with Gasteiger partial charge in [0.1, 0.15) is 0 Å². The molecule has 2 aromatic carbocycles. The van der Waals surface area contributed by atoms with Gasteiger partial charge in [-0.2, -0.15) is 0 Å². The summed E-state index contributed by atoms with van der Waals surface area (Å²) in [6.07, 6.45) is -0.236. The van der Waals surface area contributed by atoms with Crippen molar-refractivity contribution in [1.29, 1.82) is 0 Å². The normalized spacial score (nSPS) is 10.6. The van der Waals surface area contributed by atoms with Crippen LogP contribution in [0.15, 0.2) is 36.4 Å². The first-order valence-electron chi connectivity index (χ1n) is 7.79. The van der Waals surface area contributed by atoms with E-state index in [1.54, 1.807) is 12.1 Å². The van der Waals surface area contributed by atoms with Crippen molar-refractivity contribution in [2.45, 2.75) is 26.8 Å². The van der Waals surface area contributed by atoms with Crippen LogP contribution < -0.4 is 0 Å². The summed E-state index contributed by atoms with van der Waals surface area (Å²) in [6, 6.07) is 8.73. The molecule has 0 aromatic heterocycles. The highest BCUT2D eigenvalue weighted by Gasteiger charge is 2.18. The fraction of sp³-hybridized carbons (Fsp3) is 0.263. The summed E-state index contributed by atoms with van der Waals surface area (Å²) in [5.41, 5.74) is 2.65. The molecule has 0 heterocycles. The number of carboxylic acids is 1. The smallest absolute Gasteiger partial charge is 0.305 e. The summed E-state index contributed by atoms with van der Waals surface area (Å²) in [4.78, 5) is 25.0. The molecule has 132 valence electrons. The van der Waals surface area contributed by atoms with Crippen molar-refractivity contribution in [3.63, 3.8) is 0 Å². The van der Waals surface area contributed by atoms with Gasteiger partial charge in [0.2, 0.25) is 0 Å². The van der Waals surface area contributed by atoms with Crippen LogP contribution in [0.5, 0.6) is 0 Å². The van der Waals surface area contributed by atoms with Crippen molar-refractivity contribution in [2.75, 3.05) is 6.54 Å². The Morgan fingerprint density at radius 2 is 1.64 bits per heavy atom. The van der Waals surface area contributed by atoms with Crippen molar-refractivity contribution < 1.29 is 23.5 Å². The Labute approximate surface area is 144 Å². The van der Waals surface area contributed by atoms with Crippen LogP contribution in [0.3, 0.4) is 0 Å². The highest BCUT2D eigenvalue weighted by Crippen LogP contribution is 2.16. The van der Waals surface area contributed by atoms with Gasteiger partial charge in [0.05, 0.1) is 6.42 Å². The van der Waals surface area contributed by atoms with Crippen LogP contribution in [0, 0.1) is 25.5 Å². The molecule has 4 nitrogen and oxygen atoms in total. The van der Waals surface area contributed by atoms with Gasteiger partial charge in [0.15, 0.2) is 11.6 Å². The van der Waals surface area contributed by atoms with E-state index in [2.05, 4.69) is 0 Å². The molecule has 0 unspecified atom stereocenters. The Balaban J connectivity index is 2.28. The van der Waals surface area contributed by atoms with Crippen molar-refractivity contribution >= 4 is 11.9 Å². The van der Waals surface area contributed by atoms with Gasteiger partial charge in [-0.25, -0.2) is 8.78 Å². The molecule has 0 saturated carbocycles. The first-order valence-corrected chi connectivity index (χ1v) is 7.79. The van der Waals surface area contributed by atoms with E-state index in [-0.39, 0.29) is 25.4 Å². The number of carboxylic acid groups (broad SMARTS) is 1. The average Bonchev–Trinajstić information content (AvgIpc) is 2.53. The van der Waals surface area contributed by atoms with E-state index >= 15 is 0 Å². The largest absolute Gasteiger partial charge is 0.481 e. The molecule has 0 atom stereocenters. The lowest BCUT2D eigenvalue weighted by atomic mass is 10.1. The standard InChI is InChI=1S/C19H19F2NO3/c1-12-7-13(2)9-15(8-12)19(25)22(6-5-18(23)24)11-14-3-4-16(20)17(21)10-14/h3-4,7-10H,5-6,11H2,1-2H3,(H,23,24). The van der Waals surface area contributed by atoms with Crippen LogP contribution in [-0.2, 0) is 11.3 Å². The maximum atomic E-state index is 13.4. The first kappa shape index (κ1) is 18.6. The van der Waals surface area contributed by atoms with Gasteiger partial charge in [-0.15, -0.1) is 0 Å². The van der Waals surface area contributed by atoms with E-state index in [4.69, 9.17) is 5.11 Å². The molecular weight excluding hydrogens is 328 g/mol. The van der Waals surface area contributed by atoms with Gasteiger partial charge in [0, 0.05) is 18.7 Å². The zero-order chi connectivity index (χ0) is 18.6. The van der Waals surface area contributed by atoms with E-state index < -0.39 is 17.6 Å². The van der Waals surface area contributed by atoms with Crippen molar-refractivity contribution in [2.24, 2.45) is 0 Å². The monoisotopic (exact) mass is 347 g/mol. The van der Waals surface area contributed by atoms with Crippen LogP contribution in [0.2, 0.25) is 0 Å². The highest BCUT2D eigenvalue weighted by molar-refractivity contribution is 5.94. The van der Waals surface area contributed by atoms with E-state index in [9.17, 15) is 18.4 Å². The van der Waals surface area contributed by atoms with Crippen molar-refractivity contribution in [3.8, 4) is 0 Å². The number of nitrogens with zero attached hydrogens (tertiary/aromatic N) is 1. The minimum atomic E-state index is -1.04. The van der Waals surface area contributed by atoms with Crippen molar-refractivity contribution in [3.05, 3.63) is 70.3 Å². The molecule has 0 aliphatic heterocycles. The number of aryl methyl sites for hydroxylation is 2. The van der Waals surface area contributed by atoms with Gasteiger partial charge >= 0.3 is 5.97 Å². The quantitative estimate of drug-likeness (QED) is 0.867. The summed E-state index contributed by atoms with van der Waals surface area (Å²) in [5.74, 6) is -3.36. The molecule has 0 bridgehead atoms. The number of hydrogen-bond acceptors (Lipinski definition) is 2. The number of hydrogen-bond donors (Lipinski definition) is 1. The number of halogens is 2. The van der Waals surface area contributed by atoms with E-state index in [0.29, 0.717) is 11.1 Å². The lowest BCUT2D eigenvalue weighted by Gasteiger charge is -2.23. The second kappa shape index (κ2) is 7.88. The molecule has 1 N–H and O–H groups in total. The highest BCUT2D eigenvalue weighted by atomic mass is 19.2. The molecule has 2 aromatic rings. The second-order valence-corrected chi connectivity index (χ2v) is 6.00. The number of benzene rings is 2. The van der Waals surface area contributed by atoms with Crippen LogP contribution >= 0.6 is 0 Å². The Hall–Kier alpha value is -2.76. The van der Waals surface area contributed by atoms with Gasteiger partial charge in [0.25, 0.3) is 5.91 Å². The van der Waals surface area contributed by atoms with Crippen LogP contribution in [0.4, 0.5) is 8.78 Å². The maximum absolute atomic E-state index is 13.4. The minimum Gasteiger partial charge on any atom is -0.481 e. The van der Waals surface area contributed by atoms with Crippen molar-refractivity contribution in [1.82, 2.24) is 4.90 Å². The fourth-order valence-corrected chi connectivity index (χ4v) is 2.62. The van der Waals surface area contributed by atoms with Gasteiger partial charge < -0.3 is 10.0 Å². The molecular formula is C19H19F2NO3. The van der Waals surface area contributed by atoms with Crippen LogP contribution in [-0.4, -0.2) is 28.4 Å². The average molecular weight is 347 g/mol. The second-order valence-electron chi connectivity index (χ2n) is 6.00. The van der Waals surface area contributed by atoms with Crippen LogP contribution in [0.1, 0.15) is 33.5 Å². The summed E-state index contributed by atoms with van der Waals surface area (Å²) in [5, 5.41) is 8.90. The van der Waals surface area contributed by atoms with Gasteiger partial charge in [-0.05, 0) is 43.7 Å². The predicted octanol–water partition coefficient (Wildman–Crippen LogP) is 3.70. The van der Waals surface area contributed by atoms with E-state index in [0.717, 1.165) is 23.3 Å². The summed E-state index contributed by atoms with van der Waals surface area (Å²) in [6.45, 7) is 3.69. The van der Waals surface area contributed by atoms with Gasteiger partial charge in [-0.1, -0.05) is 23.3 Å². The molecule has 0 spiro atoms.